The lowest BCUT2D eigenvalue weighted by atomic mass is 9.93. The lowest BCUT2D eigenvalue weighted by Crippen LogP contribution is -2.18. The molecule has 5 heteroatoms. The van der Waals surface area contributed by atoms with Crippen LogP contribution in [0.5, 0.6) is 0 Å². The highest BCUT2D eigenvalue weighted by atomic mass is 16.3. The summed E-state index contributed by atoms with van der Waals surface area (Å²) in [5.74, 6) is 0.0297. The van der Waals surface area contributed by atoms with Crippen molar-refractivity contribution in [3.05, 3.63) is 42.2 Å². The Morgan fingerprint density at radius 1 is 1.32 bits per heavy atom. The van der Waals surface area contributed by atoms with E-state index in [0.717, 1.165) is 0 Å². The maximum atomic E-state index is 11.6. The number of aliphatic imine (C=N–C) groups is 1. The molecule has 0 aromatic heterocycles. The van der Waals surface area contributed by atoms with E-state index >= 15 is 0 Å². The molecule has 1 aromatic carbocycles. The van der Waals surface area contributed by atoms with Gasteiger partial charge in [0.05, 0.1) is 0 Å². The fraction of sp³-hybridized carbons (Fsp3) is 0.286. The normalized spacial score (nSPS) is 13.2. The number of amidine groups is 1. The number of benzene rings is 1. The van der Waals surface area contributed by atoms with Crippen LogP contribution in [0.1, 0.15) is 20.8 Å². The summed E-state index contributed by atoms with van der Waals surface area (Å²) in [5.41, 5.74) is 5.78. The molecule has 5 nitrogen and oxygen atoms in total. The third kappa shape index (κ3) is 5.25. The molecule has 0 aliphatic heterocycles. The molecule has 0 fully saturated rings. The molecule has 0 bridgehead atoms. The van der Waals surface area contributed by atoms with E-state index in [1.54, 1.807) is 24.3 Å². The van der Waals surface area contributed by atoms with E-state index < -0.39 is 11.4 Å². The van der Waals surface area contributed by atoms with Gasteiger partial charge in [-0.1, -0.05) is 39.0 Å². The van der Waals surface area contributed by atoms with E-state index in [1.807, 2.05) is 26.8 Å². The van der Waals surface area contributed by atoms with Gasteiger partial charge in [0.2, 0.25) is 0 Å². The van der Waals surface area contributed by atoms with Gasteiger partial charge in [-0.15, -0.1) is 0 Å². The Bertz CT molecular complexity index is 499. The number of nitrogens with two attached hydrogens (primary N) is 1. The monoisotopic (exact) mass is 261 g/mol. The van der Waals surface area contributed by atoms with Crippen LogP contribution >= 0.6 is 0 Å². The molecule has 0 radical (unpaired) electrons. The molecule has 0 unspecified atom stereocenters. The Morgan fingerprint density at radius 2 is 1.89 bits per heavy atom. The largest absolute Gasteiger partial charge is 0.512 e. The van der Waals surface area contributed by atoms with Gasteiger partial charge in [0, 0.05) is 17.2 Å². The van der Waals surface area contributed by atoms with Crippen molar-refractivity contribution in [1.82, 2.24) is 0 Å². The highest BCUT2D eigenvalue weighted by Crippen LogP contribution is 2.21. The minimum Gasteiger partial charge on any atom is -0.512 e. The number of para-hydroxylation sites is 1. The first-order chi connectivity index (χ1) is 8.79. The molecule has 0 spiro atoms. The number of carbonyl (C=O) groups excluding carboxylic acids is 1. The van der Waals surface area contributed by atoms with Gasteiger partial charge >= 0.3 is 6.03 Å². The van der Waals surface area contributed by atoms with Crippen molar-refractivity contribution in [2.75, 3.05) is 5.32 Å². The van der Waals surface area contributed by atoms with Crippen LogP contribution in [0.4, 0.5) is 10.5 Å². The topological polar surface area (TPSA) is 87.7 Å². The summed E-state index contributed by atoms with van der Waals surface area (Å²) in [6.45, 7) is 5.49. The van der Waals surface area contributed by atoms with Gasteiger partial charge in [0.15, 0.2) is 0 Å². The quantitative estimate of drug-likeness (QED) is 0.434. The van der Waals surface area contributed by atoms with Crippen LogP contribution in [0.25, 0.3) is 0 Å². The van der Waals surface area contributed by atoms with Crippen molar-refractivity contribution in [1.29, 1.82) is 0 Å². The Morgan fingerprint density at radius 3 is 2.42 bits per heavy atom. The Hall–Kier alpha value is -2.30. The van der Waals surface area contributed by atoms with Crippen LogP contribution in [0.2, 0.25) is 0 Å². The summed E-state index contributed by atoms with van der Waals surface area (Å²) in [4.78, 5) is 15.2. The molecular formula is C14H19N3O2. The molecule has 2 amide bonds. The minimum atomic E-state index is -0.582. The van der Waals surface area contributed by atoms with Gasteiger partial charge in [-0.3, -0.25) is 0 Å². The SMILES string of the molecule is CC(C)(C)/C(O)=C/C(N)=N\C(=O)Nc1ccccc1. The maximum absolute atomic E-state index is 11.6. The van der Waals surface area contributed by atoms with E-state index in [-0.39, 0.29) is 11.6 Å². The molecule has 19 heavy (non-hydrogen) atoms. The highest BCUT2D eigenvalue weighted by Gasteiger charge is 2.16. The second kappa shape index (κ2) is 6.04. The molecule has 1 rings (SSSR count). The summed E-state index contributed by atoms with van der Waals surface area (Å²) >= 11 is 0. The third-order valence-electron chi connectivity index (χ3n) is 2.31. The van der Waals surface area contributed by atoms with Gasteiger partial charge < -0.3 is 16.2 Å². The lowest BCUT2D eigenvalue weighted by Gasteiger charge is -2.16. The van der Waals surface area contributed by atoms with Crippen LogP contribution < -0.4 is 11.1 Å². The summed E-state index contributed by atoms with van der Waals surface area (Å²) in [5, 5.41) is 12.3. The Labute approximate surface area is 112 Å². The van der Waals surface area contributed by atoms with E-state index in [0.29, 0.717) is 5.69 Å². The number of allylic oxidation sites excluding steroid dienone is 1. The van der Waals surface area contributed by atoms with Crippen molar-refractivity contribution in [2.24, 2.45) is 16.1 Å². The number of aliphatic hydroxyl groups excluding tert-OH is 1. The Balaban J connectivity index is 2.72. The standard InChI is InChI=1S/C14H19N3O2/c1-14(2,3)11(18)9-12(15)17-13(19)16-10-7-5-4-6-8-10/h4-9,18H,1-3H3,(H3,15,16,17,19)/b11-9-. The molecule has 0 aliphatic carbocycles. The third-order valence-corrected chi connectivity index (χ3v) is 2.31. The lowest BCUT2D eigenvalue weighted by molar-refractivity contribution is 0.259. The summed E-state index contributed by atoms with van der Waals surface area (Å²) < 4.78 is 0. The van der Waals surface area contributed by atoms with Crippen molar-refractivity contribution >= 4 is 17.6 Å². The predicted molar refractivity (Wildman–Crippen MR) is 77.2 cm³/mol. The number of hydrogen-bond donors (Lipinski definition) is 3. The highest BCUT2D eigenvalue weighted by molar-refractivity contribution is 6.03. The summed E-state index contributed by atoms with van der Waals surface area (Å²) in [6.07, 6.45) is 1.28. The summed E-state index contributed by atoms with van der Waals surface area (Å²) in [6, 6.07) is 8.35. The van der Waals surface area contributed by atoms with Crippen molar-refractivity contribution in [3.8, 4) is 0 Å². The van der Waals surface area contributed by atoms with E-state index in [9.17, 15) is 9.90 Å². The molecule has 0 aliphatic rings. The number of urea groups is 1. The van der Waals surface area contributed by atoms with Gasteiger partial charge in [-0.05, 0) is 12.1 Å². The number of hydrogen-bond acceptors (Lipinski definition) is 2. The molecule has 0 heterocycles. The number of nitrogens with one attached hydrogen (secondary N) is 1. The average molecular weight is 261 g/mol. The average Bonchev–Trinajstić information content (AvgIpc) is 2.28. The van der Waals surface area contributed by atoms with Crippen LogP contribution in [-0.2, 0) is 0 Å². The first-order valence-electron chi connectivity index (χ1n) is 5.90. The first kappa shape index (κ1) is 14.8. The second-order valence-corrected chi connectivity index (χ2v) is 5.11. The van der Waals surface area contributed by atoms with Crippen LogP contribution in [0, 0.1) is 5.41 Å². The molecule has 0 saturated heterocycles. The molecule has 0 saturated carbocycles. The maximum Gasteiger partial charge on any atom is 0.347 e. The first-order valence-corrected chi connectivity index (χ1v) is 5.90. The van der Waals surface area contributed by atoms with Crippen LogP contribution in [-0.4, -0.2) is 17.0 Å². The van der Waals surface area contributed by atoms with Crippen LogP contribution in [0.15, 0.2) is 47.2 Å². The number of amides is 2. The second-order valence-electron chi connectivity index (χ2n) is 5.11. The molecule has 1 aromatic rings. The van der Waals surface area contributed by atoms with Crippen LogP contribution in [0.3, 0.4) is 0 Å². The minimum absolute atomic E-state index is 0.0409. The fourth-order valence-electron chi connectivity index (χ4n) is 1.18. The zero-order chi connectivity index (χ0) is 14.5. The fourth-order valence-corrected chi connectivity index (χ4v) is 1.18. The molecule has 102 valence electrons. The smallest absolute Gasteiger partial charge is 0.347 e. The van der Waals surface area contributed by atoms with Gasteiger partial charge in [-0.2, -0.15) is 4.99 Å². The molecule has 4 N–H and O–H groups in total. The van der Waals surface area contributed by atoms with Crippen molar-refractivity contribution in [2.45, 2.75) is 20.8 Å². The number of anilines is 1. The van der Waals surface area contributed by atoms with Gasteiger partial charge in [0.25, 0.3) is 0 Å². The van der Waals surface area contributed by atoms with E-state index in [1.165, 1.54) is 6.08 Å². The number of nitrogens with zero attached hydrogens (tertiary/aromatic N) is 1. The van der Waals surface area contributed by atoms with Crippen molar-refractivity contribution < 1.29 is 9.90 Å². The number of carbonyl (C=O) groups is 1. The number of aliphatic hydroxyl groups is 1. The Kier molecular flexibility index (Phi) is 4.69. The predicted octanol–water partition coefficient (Wildman–Crippen LogP) is 3.06. The van der Waals surface area contributed by atoms with Gasteiger partial charge in [0.1, 0.15) is 11.6 Å². The molecule has 0 atom stereocenters. The van der Waals surface area contributed by atoms with Crippen molar-refractivity contribution in [3.63, 3.8) is 0 Å². The van der Waals surface area contributed by atoms with E-state index in [2.05, 4.69) is 10.3 Å². The van der Waals surface area contributed by atoms with E-state index in [4.69, 9.17) is 5.73 Å². The zero-order valence-electron chi connectivity index (χ0n) is 11.3. The number of rotatable bonds is 2. The molecular weight excluding hydrogens is 242 g/mol. The summed E-state index contributed by atoms with van der Waals surface area (Å²) in [7, 11) is 0. The zero-order valence-corrected chi connectivity index (χ0v) is 11.3. The van der Waals surface area contributed by atoms with Gasteiger partial charge in [-0.25, -0.2) is 4.79 Å².